The van der Waals surface area contributed by atoms with Crippen LogP contribution in [-0.2, 0) is 0 Å². The van der Waals surface area contributed by atoms with Gasteiger partial charge in [0.25, 0.3) is 0 Å². The molecule has 0 saturated heterocycles. The maximum Gasteiger partial charge on any atom is 0.0540 e. The number of fused-ring (bicyclic) bond motifs is 4. The van der Waals surface area contributed by atoms with Gasteiger partial charge in [-0.2, -0.15) is 0 Å². The summed E-state index contributed by atoms with van der Waals surface area (Å²) in [4.78, 5) is 2.43. The summed E-state index contributed by atoms with van der Waals surface area (Å²) in [6.45, 7) is 0. The third-order valence-corrected chi connectivity index (χ3v) is 12.1. The summed E-state index contributed by atoms with van der Waals surface area (Å²) in [5.41, 5.74) is 15.3. The molecular weight excluding hydrogens is 735 g/mol. The second kappa shape index (κ2) is 15.6. The molecule has 0 aliphatic rings. The highest BCUT2D eigenvalue weighted by Crippen LogP contribution is 2.44. The highest BCUT2D eigenvalue weighted by Gasteiger charge is 2.19. The lowest BCUT2D eigenvalue weighted by Gasteiger charge is -2.28. The number of nitrogens with zero attached hydrogens (tertiary/aromatic N) is 1. The summed E-state index contributed by atoms with van der Waals surface area (Å²) < 4.78 is 0. The summed E-state index contributed by atoms with van der Waals surface area (Å²) in [5.74, 6) is 0. The van der Waals surface area contributed by atoms with E-state index in [1.165, 1.54) is 88.0 Å². The van der Waals surface area contributed by atoms with Gasteiger partial charge in [0.1, 0.15) is 0 Å². The van der Waals surface area contributed by atoms with Crippen molar-refractivity contribution in [3.05, 3.63) is 249 Å². The summed E-state index contributed by atoms with van der Waals surface area (Å²) >= 11 is 0. The number of anilines is 3. The number of hydrogen-bond donors (Lipinski definition) is 0. The van der Waals surface area contributed by atoms with Crippen LogP contribution in [0.4, 0.5) is 17.1 Å². The van der Waals surface area contributed by atoms with Crippen molar-refractivity contribution in [2.75, 3.05) is 4.90 Å². The first kappa shape index (κ1) is 36.1. The van der Waals surface area contributed by atoms with E-state index in [1.807, 2.05) is 0 Å². The molecule has 11 aromatic carbocycles. The van der Waals surface area contributed by atoms with Crippen LogP contribution in [0, 0.1) is 0 Å². The average molecular weight is 776 g/mol. The van der Waals surface area contributed by atoms with E-state index in [-0.39, 0.29) is 0 Å². The zero-order valence-electron chi connectivity index (χ0n) is 33.6. The molecule has 286 valence electrons. The second-order valence-corrected chi connectivity index (χ2v) is 15.7. The third-order valence-electron chi connectivity index (χ3n) is 12.1. The van der Waals surface area contributed by atoms with Gasteiger partial charge >= 0.3 is 0 Å². The molecule has 0 N–H and O–H groups in total. The van der Waals surface area contributed by atoms with Gasteiger partial charge in [0, 0.05) is 16.8 Å². The van der Waals surface area contributed by atoms with Crippen molar-refractivity contribution in [1.82, 2.24) is 0 Å². The maximum atomic E-state index is 2.43. The fourth-order valence-electron chi connectivity index (χ4n) is 9.02. The Hall–Kier alpha value is -8.00. The Morgan fingerprint density at radius 2 is 0.656 bits per heavy atom. The van der Waals surface area contributed by atoms with Crippen LogP contribution in [0.25, 0.3) is 88.0 Å². The molecule has 0 atom stereocenters. The normalized spacial score (nSPS) is 11.3. The summed E-state index contributed by atoms with van der Waals surface area (Å²) in [6.07, 6.45) is 0. The van der Waals surface area contributed by atoms with E-state index in [0.29, 0.717) is 0 Å². The van der Waals surface area contributed by atoms with Gasteiger partial charge in [-0.3, -0.25) is 0 Å². The average Bonchev–Trinajstić information content (AvgIpc) is 3.35. The van der Waals surface area contributed by atoms with Crippen LogP contribution >= 0.6 is 0 Å². The molecule has 11 aromatic rings. The Bertz CT molecular complexity index is 3310. The Morgan fingerprint density at radius 3 is 1.31 bits per heavy atom. The maximum absolute atomic E-state index is 2.43. The van der Waals surface area contributed by atoms with Crippen molar-refractivity contribution < 1.29 is 0 Å². The van der Waals surface area contributed by atoms with Crippen LogP contribution in [0.5, 0.6) is 0 Å². The Kier molecular flexibility index (Phi) is 9.26. The van der Waals surface area contributed by atoms with Gasteiger partial charge in [-0.1, -0.05) is 212 Å². The first-order valence-electron chi connectivity index (χ1n) is 21.0. The number of rotatable bonds is 8. The van der Waals surface area contributed by atoms with Crippen molar-refractivity contribution in [3.63, 3.8) is 0 Å². The van der Waals surface area contributed by atoms with Crippen LogP contribution in [0.15, 0.2) is 249 Å². The predicted molar refractivity (Wildman–Crippen MR) is 261 cm³/mol. The molecule has 0 saturated carbocycles. The molecule has 0 fully saturated rings. The van der Waals surface area contributed by atoms with Crippen LogP contribution in [-0.4, -0.2) is 0 Å². The number of benzene rings is 11. The third kappa shape index (κ3) is 6.83. The van der Waals surface area contributed by atoms with E-state index in [2.05, 4.69) is 254 Å². The van der Waals surface area contributed by atoms with E-state index in [1.54, 1.807) is 0 Å². The number of hydrogen-bond acceptors (Lipinski definition) is 1. The second-order valence-electron chi connectivity index (χ2n) is 15.7. The largest absolute Gasteiger partial charge is 0.310 e. The van der Waals surface area contributed by atoms with Crippen LogP contribution in [0.3, 0.4) is 0 Å². The minimum absolute atomic E-state index is 1.09. The smallest absolute Gasteiger partial charge is 0.0540 e. The van der Waals surface area contributed by atoms with Gasteiger partial charge in [0.15, 0.2) is 0 Å². The summed E-state index contributed by atoms with van der Waals surface area (Å²) in [5, 5.41) is 7.46. The standard InChI is InChI=1S/C60H41N/c1-3-14-42(15-4-1)44-26-30-47(31-27-44)54-39-38-52(41-59(54)48-32-28-45(29-33-48)43-16-5-2-6-17-43)61(60-25-13-20-46-18-7-10-22-55(46)60)51-36-34-49(35-37-51)58-40-50-19-8-9-21-53(50)56-23-11-12-24-57(56)58/h1-41H. The lowest BCUT2D eigenvalue weighted by atomic mass is 9.91. The summed E-state index contributed by atoms with van der Waals surface area (Å²) in [7, 11) is 0. The SMILES string of the molecule is c1ccc(-c2ccc(-c3ccc(N(c4ccc(-c5cc6ccccc6c6ccccc56)cc4)c4cccc5ccccc45)cc3-c3ccc(-c4ccccc4)cc3)cc2)cc1. The Balaban J connectivity index is 1.07. The molecule has 0 aromatic heterocycles. The van der Waals surface area contributed by atoms with Gasteiger partial charge in [-0.05, 0) is 119 Å². The molecule has 0 aliphatic carbocycles. The fourth-order valence-corrected chi connectivity index (χ4v) is 9.02. The van der Waals surface area contributed by atoms with Gasteiger partial charge in [-0.15, -0.1) is 0 Å². The minimum Gasteiger partial charge on any atom is -0.310 e. The van der Waals surface area contributed by atoms with Crippen molar-refractivity contribution in [2.24, 2.45) is 0 Å². The lowest BCUT2D eigenvalue weighted by molar-refractivity contribution is 1.30. The molecular formula is C60H41N. The van der Waals surface area contributed by atoms with E-state index in [9.17, 15) is 0 Å². The van der Waals surface area contributed by atoms with Crippen molar-refractivity contribution in [1.29, 1.82) is 0 Å². The molecule has 61 heavy (non-hydrogen) atoms. The highest BCUT2D eigenvalue weighted by atomic mass is 15.1. The monoisotopic (exact) mass is 775 g/mol. The van der Waals surface area contributed by atoms with Crippen LogP contribution < -0.4 is 4.90 Å². The quantitative estimate of drug-likeness (QED) is 0.139. The van der Waals surface area contributed by atoms with Gasteiger partial charge in [0.2, 0.25) is 0 Å². The van der Waals surface area contributed by atoms with Crippen molar-refractivity contribution in [3.8, 4) is 55.6 Å². The van der Waals surface area contributed by atoms with E-state index < -0.39 is 0 Å². The van der Waals surface area contributed by atoms with Gasteiger partial charge < -0.3 is 4.90 Å². The molecule has 0 unspecified atom stereocenters. The molecule has 0 radical (unpaired) electrons. The Labute approximate surface area is 357 Å². The topological polar surface area (TPSA) is 3.24 Å². The van der Waals surface area contributed by atoms with E-state index in [0.717, 1.165) is 17.1 Å². The van der Waals surface area contributed by atoms with Gasteiger partial charge in [-0.25, -0.2) is 0 Å². The zero-order valence-corrected chi connectivity index (χ0v) is 33.6. The Morgan fingerprint density at radius 1 is 0.213 bits per heavy atom. The van der Waals surface area contributed by atoms with E-state index in [4.69, 9.17) is 0 Å². The molecule has 0 spiro atoms. The lowest BCUT2D eigenvalue weighted by Crippen LogP contribution is -2.11. The van der Waals surface area contributed by atoms with Crippen LogP contribution in [0.1, 0.15) is 0 Å². The van der Waals surface area contributed by atoms with Gasteiger partial charge in [0.05, 0.1) is 5.69 Å². The van der Waals surface area contributed by atoms with Crippen molar-refractivity contribution in [2.45, 2.75) is 0 Å². The molecule has 0 amide bonds. The first-order chi connectivity index (χ1) is 30.2. The molecule has 1 nitrogen and oxygen atoms in total. The molecule has 0 bridgehead atoms. The van der Waals surface area contributed by atoms with E-state index >= 15 is 0 Å². The molecule has 1 heteroatoms. The zero-order chi connectivity index (χ0) is 40.5. The minimum atomic E-state index is 1.09. The fraction of sp³-hybridized carbons (Fsp3) is 0. The first-order valence-corrected chi connectivity index (χ1v) is 21.0. The summed E-state index contributed by atoms with van der Waals surface area (Å²) in [6, 6.07) is 90.5. The highest BCUT2D eigenvalue weighted by molar-refractivity contribution is 6.14. The molecule has 11 rings (SSSR count). The molecule has 0 heterocycles. The van der Waals surface area contributed by atoms with Crippen LogP contribution in [0.2, 0.25) is 0 Å². The predicted octanol–water partition coefficient (Wildman–Crippen LogP) is 17.0. The van der Waals surface area contributed by atoms with Crippen molar-refractivity contribution >= 4 is 49.4 Å². The molecule has 0 aliphatic heterocycles.